The number of phenols is 1. The van der Waals surface area contributed by atoms with Gasteiger partial charge in [-0.15, -0.1) is 0 Å². The van der Waals surface area contributed by atoms with E-state index < -0.39 is 32.6 Å². The fourth-order valence-corrected chi connectivity index (χ4v) is 1.76. The molecule has 0 heterocycles. The number of aliphatic hydroxyl groups is 1. The van der Waals surface area contributed by atoms with E-state index in [-0.39, 0.29) is 5.56 Å². The smallest absolute Gasteiger partial charge is 0.501 e. The third-order valence-corrected chi connectivity index (χ3v) is 3.33. The van der Waals surface area contributed by atoms with Crippen LogP contribution in [0.15, 0.2) is 23.1 Å². The van der Waals surface area contributed by atoms with Crippen LogP contribution in [0.1, 0.15) is 5.56 Å². The Morgan fingerprint density at radius 2 is 1.81 bits per heavy atom. The summed E-state index contributed by atoms with van der Waals surface area (Å²) in [5.41, 5.74) is -5.47. The number of aliphatic hydroxyl groups excluding tert-OH is 1. The van der Waals surface area contributed by atoms with Gasteiger partial charge in [-0.05, 0) is 12.1 Å². The second kappa shape index (κ2) is 3.95. The Kier molecular flexibility index (Phi) is 3.15. The lowest BCUT2D eigenvalue weighted by molar-refractivity contribution is -0.0436. The fourth-order valence-electron chi connectivity index (χ4n) is 0.978. The lowest BCUT2D eigenvalue weighted by atomic mass is 10.2. The zero-order valence-electron chi connectivity index (χ0n) is 7.69. The number of rotatable bonds is 2. The zero-order valence-corrected chi connectivity index (χ0v) is 8.51. The van der Waals surface area contributed by atoms with Gasteiger partial charge in [0.15, 0.2) is 0 Å². The summed E-state index contributed by atoms with van der Waals surface area (Å²) in [6.45, 7) is -0.599. The molecule has 0 aliphatic heterocycles. The fraction of sp³-hybridized carbons (Fsp3) is 0.250. The van der Waals surface area contributed by atoms with Crippen molar-refractivity contribution in [1.82, 2.24) is 0 Å². The minimum absolute atomic E-state index is 0.0545. The van der Waals surface area contributed by atoms with Crippen molar-refractivity contribution in [2.24, 2.45) is 0 Å². The summed E-state index contributed by atoms with van der Waals surface area (Å²) >= 11 is 0. The van der Waals surface area contributed by atoms with Gasteiger partial charge in [-0.25, -0.2) is 8.42 Å². The SMILES string of the molecule is O=S(=O)(c1ccc(CO)c(O)c1)C(F)(F)F. The molecule has 0 bridgehead atoms. The molecular weight excluding hydrogens is 249 g/mol. The maximum atomic E-state index is 12.1. The number of aromatic hydroxyl groups is 1. The van der Waals surface area contributed by atoms with Crippen LogP contribution in [0.25, 0.3) is 0 Å². The molecule has 1 aromatic carbocycles. The summed E-state index contributed by atoms with van der Waals surface area (Å²) in [4.78, 5) is -1.06. The Morgan fingerprint density at radius 1 is 1.25 bits per heavy atom. The molecule has 0 spiro atoms. The first-order valence-corrected chi connectivity index (χ1v) is 5.42. The molecule has 0 aromatic heterocycles. The standard InChI is InChI=1S/C8H7F3O4S/c9-8(10,11)16(14,15)6-2-1-5(4-12)7(13)3-6/h1-3,12-13H,4H2. The van der Waals surface area contributed by atoms with Crippen LogP contribution in [0.4, 0.5) is 13.2 Å². The van der Waals surface area contributed by atoms with Gasteiger partial charge in [0.05, 0.1) is 11.5 Å². The van der Waals surface area contributed by atoms with Gasteiger partial charge in [-0.1, -0.05) is 6.07 Å². The van der Waals surface area contributed by atoms with Gasteiger partial charge in [0, 0.05) is 5.56 Å². The zero-order chi connectivity index (χ0) is 12.6. The quantitative estimate of drug-likeness (QED) is 0.833. The van der Waals surface area contributed by atoms with Crippen molar-refractivity contribution in [1.29, 1.82) is 0 Å². The van der Waals surface area contributed by atoms with Gasteiger partial charge in [0.2, 0.25) is 0 Å². The van der Waals surface area contributed by atoms with Crippen molar-refractivity contribution in [3.05, 3.63) is 23.8 Å². The maximum absolute atomic E-state index is 12.1. The highest BCUT2D eigenvalue weighted by atomic mass is 32.2. The molecule has 1 aromatic rings. The maximum Gasteiger partial charge on any atom is 0.501 e. The summed E-state index contributed by atoms with van der Waals surface area (Å²) in [6.07, 6.45) is 0. The van der Waals surface area contributed by atoms with E-state index in [0.717, 1.165) is 6.07 Å². The van der Waals surface area contributed by atoms with Gasteiger partial charge in [-0.2, -0.15) is 13.2 Å². The molecule has 0 radical (unpaired) electrons. The number of alkyl halides is 3. The first-order chi connectivity index (χ1) is 7.20. The van der Waals surface area contributed by atoms with E-state index >= 15 is 0 Å². The van der Waals surface area contributed by atoms with Crippen molar-refractivity contribution in [3.63, 3.8) is 0 Å². The van der Waals surface area contributed by atoms with E-state index in [4.69, 9.17) is 10.2 Å². The molecule has 90 valence electrons. The lowest BCUT2D eigenvalue weighted by Gasteiger charge is -2.09. The van der Waals surface area contributed by atoms with Crippen LogP contribution in [0.2, 0.25) is 0 Å². The molecule has 0 amide bonds. The van der Waals surface area contributed by atoms with Crippen LogP contribution >= 0.6 is 0 Å². The molecule has 0 fully saturated rings. The van der Waals surface area contributed by atoms with Crippen molar-refractivity contribution < 1.29 is 31.8 Å². The Labute approximate surface area is 88.9 Å². The predicted molar refractivity (Wildman–Crippen MR) is 47.3 cm³/mol. The normalized spacial score (nSPS) is 12.8. The number of sulfone groups is 1. The van der Waals surface area contributed by atoms with Crippen LogP contribution < -0.4 is 0 Å². The van der Waals surface area contributed by atoms with Crippen LogP contribution in [-0.2, 0) is 16.4 Å². The average molecular weight is 256 g/mol. The Bertz CT molecular complexity index is 492. The van der Waals surface area contributed by atoms with Gasteiger partial charge >= 0.3 is 5.51 Å². The molecular formula is C8H7F3O4S. The largest absolute Gasteiger partial charge is 0.508 e. The molecule has 8 heteroatoms. The molecule has 1 rings (SSSR count). The van der Waals surface area contributed by atoms with Gasteiger partial charge < -0.3 is 10.2 Å². The van der Waals surface area contributed by atoms with E-state index in [2.05, 4.69) is 0 Å². The average Bonchev–Trinajstić information content (AvgIpc) is 2.15. The molecule has 0 saturated heterocycles. The Morgan fingerprint density at radius 3 is 2.19 bits per heavy atom. The van der Waals surface area contributed by atoms with E-state index in [1.807, 2.05) is 0 Å². The van der Waals surface area contributed by atoms with Crippen LogP contribution in [0, 0.1) is 0 Å². The summed E-state index contributed by atoms with van der Waals surface area (Å²) in [5, 5.41) is 17.8. The molecule has 0 atom stereocenters. The summed E-state index contributed by atoms with van der Waals surface area (Å²) in [5.74, 6) is -0.701. The Balaban J connectivity index is 3.32. The molecule has 0 unspecified atom stereocenters. The highest BCUT2D eigenvalue weighted by molar-refractivity contribution is 7.92. The molecule has 4 nitrogen and oxygen atoms in total. The molecule has 2 N–H and O–H groups in total. The van der Waals surface area contributed by atoms with Crippen molar-refractivity contribution in [2.45, 2.75) is 17.0 Å². The third-order valence-electron chi connectivity index (χ3n) is 1.84. The van der Waals surface area contributed by atoms with E-state index in [9.17, 15) is 21.6 Å². The van der Waals surface area contributed by atoms with E-state index in [1.165, 1.54) is 0 Å². The monoisotopic (exact) mass is 256 g/mol. The topological polar surface area (TPSA) is 74.6 Å². The molecule has 0 aliphatic rings. The van der Waals surface area contributed by atoms with Crippen molar-refractivity contribution in [2.75, 3.05) is 0 Å². The minimum atomic E-state index is -5.47. The van der Waals surface area contributed by atoms with Crippen molar-refractivity contribution >= 4 is 9.84 Å². The van der Waals surface area contributed by atoms with E-state index in [1.54, 1.807) is 0 Å². The highest BCUT2D eigenvalue weighted by Crippen LogP contribution is 2.32. The minimum Gasteiger partial charge on any atom is -0.508 e. The second-order valence-electron chi connectivity index (χ2n) is 2.90. The highest BCUT2D eigenvalue weighted by Gasteiger charge is 2.47. The number of hydrogen-bond donors (Lipinski definition) is 2. The van der Waals surface area contributed by atoms with E-state index in [0.29, 0.717) is 12.1 Å². The first kappa shape index (κ1) is 12.8. The lowest BCUT2D eigenvalue weighted by Crippen LogP contribution is -2.23. The number of hydrogen-bond acceptors (Lipinski definition) is 4. The van der Waals surface area contributed by atoms with Gasteiger partial charge in [0.1, 0.15) is 5.75 Å². The van der Waals surface area contributed by atoms with Crippen molar-refractivity contribution in [3.8, 4) is 5.75 Å². The van der Waals surface area contributed by atoms with Crippen LogP contribution in [0.5, 0.6) is 5.75 Å². The number of halogens is 3. The van der Waals surface area contributed by atoms with Gasteiger partial charge in [0.25, 0.3) is 9.84 Å². The Hall–Kier alpha value is -1.28. The molecule has 0 saturated carbocycles. The first-order valence-electron chi connectivity index (χ1n) is 3.94. The summed E-state index contributed by atoms with van der Waals surface area (Å²) in [6, 6.07) is 2.04. The summed E-state index contributed by atoms with van der Waals surface area (Å²) < 4.78 is 58.2. The molecule has 16 heavy (non-hydrogen) atoms. The predicted octanol–water partition coefficient (Wildman–Crippen LogP) is 1.18. The molecule has 0 aliphatic carbocycles. The summed E-state index contributed by atoms with van der Waals surface area (Å²) in [7, 11) is -5.47. The van der Waals surface area contributed by atoms with Gasteiger partial charge in [-0.3, -0.25) is 0 Å². The third kappa shape index (κ3) is 2.12. The van der Waals surface area contributed by atoms with Crippen LogP contribution in [0.3, 0.4) is 0 Å². The number of benzene rings is 1. The second-order valence-corrected chi connectivity index (χ2v) is 4.84. The van der Waals surface area contributed by atoms with Crippen LogP contribution in [-0.4, -0.2) is 24.1 Å².